The van der Waals surface area contributed by atoms with Crippen molar-refractivity contribution >= 4 is 21.7 Å². The quantitative estimate of drug-likeness (QED) is 0.738. The third kappa shape index (κ3) is 3.74. The molecule has 0 heterocycles. The fraction of sp³-hybridized carbons (Fsp3) is 0.417. The Hall–Kier alpha value is -0.700. The Morgan fingerprint density at radius 2 is 2.00 bits per heavy atom. The molecule has 1 nitrogen and oxygen atoms in total. The summed E-state index contributed by atoms with van der Waals surface area (Å²) < 4.78 is 13.3. The lowest BCUT2D eigenvalue weighted by Gasteiger charge is -2.16. The average Bonchev–Trinajstić information content (AvgIpc) is 2.06. The molecule has 1 aromatic carbocycles. The standard InChI is InChI=1S/C12H14BrFO/c1-12(2,3)7-11(15)8-4-5-10(14)9(13)6-8/h4-6H,7H2,1-3H3. The Bertz CT molecular complexity index is 380. The Morgan fingerprint density at radius 3 is 2.47 bits per heavy atom. The topological polar surface area (TPSA) is 17.1 Å². The van der Waals surface area contributed by atoms with Crippen LogP contribution in [-0.2, 0) is 0 Å². The molecule has 15 heavy (non-hydrogen) atoms. The predicted octanol–water partition coefficient (Wildman–Crippen LogP) is 4.21. The molecule has 1 rings (SSSR count). The lowest BCUT2D eigenvalue weighted by molar-refractivity contribution is 0.0940. The molecular formula is C12H14BrFO. The third-order valence-electron chi connectivity index (χ3n) is 1.93. The highest BCUT2D eigenvalue weighted by Gasteiger charge is 2.17. The van der Waals surface area contributed by atoms with Crippen molar-refractivity contribution in [2.75, 3.05) is 0 Å². The number of benzene rings is 1. The second-order valence-corrected chi connectivity index (χ2v) is 5.64. The monoisotopic (exact) mass is 272 g/mol. The molecule has 3 heteroatoms. The molecule has 0 aliphatic rings. The van der Waals surface area contributed by atoms with Crippen LogP contribution in [0.1, 0.15) is 37.6 Å². The number of hydrogen-bond donors (Lipinski definition) is 0. The van der Waals surface area contributed by atoms with Gasteiger partial charge in [-0.2, -0.15) is 0 Å². The van der Waals surface area contributed by atoms with Gasteiger partial charge in [0.25, 0.3) is 0 Å². The van der Waals surface area contributed by atoms with E-state index in [1.807, 2.05) is 20.8 Å². The van der Waals surface area contributed by atoms with Gasteiger partial charge in [0, 0.05) is 12.0 Å². The average molecular weight is 273 g/mol. The van der Waals surface area contributed by atoms with Crippen molar-refractivity contribution in [3.05, 3.63) is 34.1 Å². The maximum Gasteiger partial charge on any atom is 0.163 e. The summed E-state index contributed by atoms with van der Waals surface area (Å²) in [7, 11) is 0. The van der Waals surface area contributed by atoms with Crippen LogP contribution in [0.3, 0.4) is 0 Å². The summed E-state index contributed by atoms with van der Waals surface area (Å²) in [6.07, 6.45) is 0.463. The van der Waals surface area contributed by atoms with Gasteiger partial charge in [-0.25, -0.2) is 4.39 Å². The highest BCUT2D eigenvalue weighted by Crippen LogP contribution is 2.23. The van der Waals surface area contributed by atoms with Crippen molar-refractivity contribution in [2.24, 2.45) is 5.41 Å². The van der Waals surface area contributed by atoms with E-state index in [0.717, 1.165) is 0 Å². The molecule has 0 N–H and O–H groups in total. The number of rotatable bonds is 2. The molecule has 0 bridgehead atoms. The minimum Gasteiger partial charge on any atom is -0.294 e. The smallest absolute Gasteiger partial charge is 0.163 e. The van der Waals surface area contributed by atoms with E-state index in [1.165, 1.54) is 18.2 Å². The number of Topliss-reactive ketones (excluding diaryl/α,β-unsaturated/α-hetero) is 1. The SMILES string of the molecule is CC(C)(C)CC(=O)c1ccc(F)c(Br)c1. The Balaban J connectivity index is 2.88. The van der Waals surface area contributed by atoms with Crippen LogP contribution in [0.25, 0.3) is 0 Å². The third-order valence-corrected chi connectivity index (χ3v) is 2.54. The highest BCUT2D eigenvalue weighted by atomic mass is 79.9. The van der Waals surface area contributed by atoms with Gasteiger partial charge in [0.05, 0.1) is 4.47 Å². The molecule has 0 saturated carbocycles. The summed E-state index contributed by atoms with van der Waals surface area (Å²) in [4.78, 5) is 11.8. The molecule has 0 spiro atoms. The van der Waals surface area contributed by atoms with Gasteiger partial charge in [0.2, 0.25) is 0 Å². The zero-order valence-corrected chi connectivity index (χ0v) is 10.7. The van der Waals surface area contributed by atoms with Gasteiger partial charge in [-0.3, -0.25) is 4.79 Å². The molecule has 1 aromatic rings. The Labute approximate surface area is 97.8 Å². The number of hydrogen-bond acceptors (Lipinski definition) is 1. The van der Waals surface area contributed by atoms with Gasteiger partial charge in [-0.15, -0.1) is 0 Å². The second kappa shape index (κ2) is 4.44. The van der Waals surface area contributed by atoms with Gasteiger partial charge >= 0.3 is 0 Å². The molecule has 0 aliphatic carbocycles. The first-order valence-corrected chi connectivity index (χ1v) is 5.57. The number of carbonyl (C=O) groups excluding carboxylic acids is 1. The molecular weight excluding hydrogens is 259 g/mol. The van der Waals surface area contributed by atoms with Crippen LogP contribution >= 0.6 is 15.9 Å². The van der Waals surface area contributed by atoms with Crippen LogP contribution in [0.4, 0.5) is 4.39 Å². The van der Waals surface area contributed by atoms with Crippen molar-refractivity contribution in [1.82, 2.24) is 0 Å². The van der Waals surface area contributed by atoms with E-state index in [0.29, 0.717) is 16.5 Å². The summed E-state index contributed by atoms with van der Waals surface area (Å²) in [5, 5.41) is 0. The van der Waals surface area contributed by atoms with Crippen molar-refractivity contribution in [3.8, 4) is 0 Å². The second-order valence-electron chi connectivity index (χ2n) is 4.79. The zero-order chi connectivity index (χ0) is 11.6. The van der Waals surface area contributed by atoms with E-state index in [1.54, 1.807) is 0 Å². The lowest BCUT2D eigenvalue weighted by Crippen LogP contribution is -2.13. The fourth-order valence-corrected chi connectivity index (χ4v) is 1.63. The minimum absolute atomic E-state index is 0.0437. The van der Waals surface area contributed by atoms with Crippen molar-refractivity contribution in [2.45, 2.75) is 27.2 Å². The van der Waals surface area contributed by atoms with E-state index >= 15 is 0 Å². The Morgan fingerprint density at radius 1 is 1.40 bits per heavy atom. The molecule has 0 saturated heterocycles. The highest BCUT2D eigenvalue weighted by molar-refractivity contribution is 9.10. The molecule has 0 unspecified atom stereocenters. The predicted molar refractivity (Wildman–Crippen MR) is 62.5 cm³/mol. The van der Waals surface area contributed by atoms with E-state index in [-0.39, 0.29) is 17.0 Å². The van der Waals surface area contributed by atoms with Crippen LogP contribution in [0, 0.1) is 11.2 Å². The largest absolute Gasteiger partial charge is 0.294 e. The Kier molecular flexibility index (Phi) is 3.66. The molecule has 0 radical (unpaired) electrons. The number of halogens is 2. The molecule has 0 fully saturated rings. The summed E-state index contributed by atoms with van der Waals surface area (Å²) in [5.74, 6) is -0.300. The zero-order valence-electron chi connectivity index (χ0n) is 9.10. The molecule has 0 amide bonds. The first-order valence-electron chi connectivity index (χ1n) is 4.78. The normalized spacial score (nSPS) is 11.5. The molecule has 82 valence electrons. The van der Waals surface area contributed by atoms with Gasteiger partial charge in [-0.1, -0.05) is 20.8 Å². The van der Waals surface area contributed by atoms with Crippen LogP contribution in [0.2, 0.25) is 0 Å². The van der Waals surface area contributed by atoms with Crippen LogP contribution < -0.4 is 0 Å². The maximum atomic E-state index is 12.9. The first kappa shape index (κ1) is 12.4. The molecule has 0 aliphatic heterocycles. The maximum absolute atomic E-state index is 12.9. The van der Waals surface area contributed by atoms with Gasteiger partial charge in [-0.05, 0) is 39.5 Å². The van der Waals surface area contributed by atoms with Gasteiger partial charge in [0.1, 0.15) is 5.82 Å². The van der Waals surface area contributed by atoms with Gasteiger partial charge < -0.3 is 0 Å². The molecule has 0 atom stereocenters. The van der Waals surface area contributed by atoms with Crippen molar-refractivity contribution in [3.63, 3.8) is 0 Å². The van der Waals surface area contributed by atoms with Crippen LogP contribution in [0.5, 0.6) is 0 Å². The van der Waals surface area contributed by atoms with E-state index in [9.17, 15) is 9.18 Å². The van der Waals surface area contributed by atoms with Crippen LogP contribution in [0.15, 0.2) is 22.7 Å². The van der Waals surface area contributed by atoms with E-state index < -0.39 is 0 Å². The molecule has 0 aromatic heterocycles. The van der Waals surface area contributed by atoms with E-state index in [4.69, 9.17) is 0 Å². The summed E-state index contributed by atoms with van der Waals surface area (Å²) in [5.41, 5.74) is 0.510. The lowest BCUT2D eigenvalue weighted by atomic mass is 9.88. The number of carbonyl (C=O) groups is 1. The minimum atomic E-state index is -0.345. The fourth-order valence-electron chi connectivity index (χ4n) is 1.25. The summed E-state index contributed by atoms with van der Waals surface area (Å²) in [6, 6.07) is 4.36. The van der Waals surface area contributed by atoms with Crippen molar-refractivity contribution < 1.29 is 9.18 Å². The van der Waals surface area contributed by atoms with Gasteiger partial charge in [0.15, 0.2) is 5.78 Å². The summed E-state index contributed by atoms with van der Waals surface area (Å²) in [6.45, 7) is 6.01. The summed E-state index contributed by atoms with van der Waals surface area (Å²) >= 11 is 3.07. The number of ketones is 1. The van der Waals surface area contributed by atoms with Crippen LogP contribution in [-0.4, -0.2) is 5.78 Å². The van der Waals surface area contributed by atoms with Crippen molar-refractivity contribution in [1.29, 1.82) is 0 Å². The first-order chi connectivity index (χ1) is 6.79. The van der Waals surface area contributed by atoms with E-state index in [2.05, 4.69) is 15.9 Å².